The number of halogens is 1. The molecule has 0 bridgehead atoms. The predicted octanol–water partition coefficient (Wildman–Crippen LogP) is 4.08. The number of fused-ring (bicyclic) bond motifs is 1. The standard InChI is InChI=1S/C14H12BrN/c15-12-6-4-10(5-7-12)13-3-1-2-11-8-9-16-14(11)13/h1-7,16H,8-9H2. The van der Waals surface area contributed by atoms with Crippen LogP contribution >= 0.6 is 15.9 Å². The zero-order valence-corrected chi connectivity index (χ0v) is 10.4. The van der Waals surface area contributed by atoms with Crippen molar-refractivity contribution in [2.24, 2.45) is 0 Å². The number of anilines is 1. The Balaban J connectivity index is 2.13. The van der Waals surface area contributed by atoms with Crippen LogP contribution in [0.2, 0.25) is 0 Å². The fraction of sp³-hybridized carbons (Fsp3) is 0.143. The summed E-state index contributed by atoms with van der Waals surface area (Å²) in [5.41, 5.74) is 5.32. The van der Waals surface area contributed by atoms with Gasteiger partial charge in [0.2, 0.25) is 0 Å². The highest BCUT2D eigenvalue weighted by Gasteiger charge is 2.14. The molecule has 0 unspecified atom stereocenters. The Hall–Kier alpha value is -1.28. The summed E-state index contributed by atoms with van der Waals surface area (Å²) in [6.45, 7) is 1.06. The number of rotatable bonds is 1. The Morgan fingerprint density at radius 1 is 1.00 bits per heavy atom. The topological polar surface area (TPSA) is 12.0 Å². The Morgan fingerprint density at radius 3 is 2.62 bits per heavy atom. The van der Waals surface area contributed by atoms with Crippen molar-refractivity contribution in [2.45, 2.75) is 6.42 Å². The van der Waals surface area contributed by atoms with Crippen LogP contribution in [0.3, 0.4) is 0 Å². The van der Waals surface area contributed by atoms with Gasteiger partial charge in [0.05, 0.1) is 0 Å². The highest BCUT2D eigenvalue weighted by molar-refractivity contribution is 9.10. The highest BCUT2D eigenvalue weighted by Crippen LogP contribution is 2.34. The van der Waals surface area contributed by atoms with E-state index in [-0.39, 0.29) is 0 Å². The van der Waals surface area contributed by atoms with Gasteiger partial charge in [-0.3, -0.25) is 0 Å². The van der Waals surface area contributed by atoms with Gasteiger partial charge in [-0.05, 0) is 29.7 Å². The van der Waals surface area contributed by atoms with Crippen LogP contribution in [-0.2, 0) is 6.42 Å². The molecule has 1 aliphatic rings. The van der Waals surface area contributed by atoms with Gasteiger partial charge in [0.15, 0.2) is 0 Å². The third-order valence-corrected chi connectivity index (χ3v) is 3.53. The highest BCUT2D eigenvalue weighted by atomic mass is 79.9. The lowest BCUT2D eigenvalue weighted by atomic mass is 10.0. The van der Waals surface area contributed by atoms with E-state index >= 15 is 0 Å². The molecule has 1 N–H and O–H groups in total. The lowest BCUT2D eigenvalue weighted by Gasteiger charge is -2.08. The molecule has 2 aromatic carbocycles. The smallest absolute Gasteiger partial charge is 0.0453 e. The quantitative estimate of drug-likeness (QED) is 0.826. The molecule has 1 aliphatic heterocycles. The third-order valence-electron chi connectivity index (χ3n) is 3.00. The summed E-state index contributed by atoms with van der Waals surface area (Å²) in [7, 11) is 0. The molecule has 3 rings (SSSR count). The first kappa shape index (κ1) is 9.91. The zero-order chi connectivity index (χ0) is 11.0. The Labute approximate surface area is 104 Å². The molecule has 0 spiro atoms. The van der Waals surface area contributed by atoms with Crippen molar-refractivity contribution in [3.63, 3.8) is 0 Å². The minimum absolute atomic E-state index is 1.06. The van der Waals surface area contributed by atoms with Crippen molar-refractivity contribution in [3.05, 3.63) is 52.5 Å². The van der Waals surface area contributed by atoms with Crippen molar-refractivity contribution in [1.29, 1.82) is 0 Å². The first-order valence-corrected chi connectivity index (χ1v) is 6.25. The average molecular weight is 274 g/mol. The molecule has 16 heavy (non-hydrogen) atoms. The van der Waals surface area contributed by atoms with Crippen LogP contribution in [-0.4, -0.2) is 6.54 Å². The lowest BCUT2D eigenvalue weighted by molar-refractivity contribution is 1.11. The molecule has 80 valence electrons. The first-order valence-electron chi connectivity index (χ1n) is 5.46. The van der Waals surface area contributed by atoms with E-state index in [0.717, 1.165) is 17.4 Å². The molecule has 0 aromatic heterocycles. The van der Waals surface area contributed by atoms with E-state index in [1.807, 2.05) is 0 Å². The Morgan fingerprint density at radius 2 is 1.81 bits per heavy atom. The third kappa shape index (κ3) is 1.63. The summed E-state index contributed by atoms with van der Waals surface area (Å²) in [6, 6.07) is 15.0. The van der Waals surface area contributed by atoms with E-state index in [0.29, 0.717) is 0 Å². The molecule has 0 saturated carbocycles. The molecule has 0 atom stereocenters. The van der Waals surface area contributed by atoms with E-state index < -0.39 is 0 Å². The van der Waals surface area contributed by atoms with Gasteiger partial charge in [-0.25, -0.2) is 0 Å². The fourth-order valence-electron chi connectivity index (χ4n) is 2.21. The number of hydrogen-bond acceptors (Lipinski definition) is 1. The van der Waals surface area contributed by atoms with E-state index in [2.05, 4.69) is 63.7 Å². The maximum absolute atomic E-state index is 3.47. The molecular formula is C14H12BrN. The summed E-state index contributed by atoms with van der Waals surface area (Å²) < 4.78 is 1.12. The van der Waals surface area contributed by atoms with E-state index in [4.69, 9.17) is 0 Å². The van der Waals surface area contributed by atoms with Gasteiger partial charge in [-0.1, -0.05) is 46.3 Å². The van der Waals surface area contributed by atoms with Crippen LogP contribution in [0.15, 0.2) is 46.9 Å². The van der Waals surface area contributed by atoms with Gasteiger partial charge < -0.3 is 5.32 Å². The van der Waals surface area contributed by atoms with Gasteiger partial charge in [0.25, 0.3) is 0 Å². The van der Waals surface area contributed by atoms with Gasteiger partial charge in [-0.15, -0.1) is 0 Å². The minimum Gasteiger partial charge on any atom is -0.384 e. The monoisotopic (exact) mass is 273 g/mol. The Kier molecular flexibility index (Phi) is 2.44. The van der Waals surface area contributed by atoms with Gasteiger partial charge in [-0.2, -0.15) is 0 Å². The molecular weight excluding hydrogens is 262 g/mol. The minimum atomic E-state index is 1.06. The van der Waals surface area contributed by atoms with Crippen molar-refractivity contribution in [2.75, 3.05) is 11.9 Å². The maximum Gasteiger partial charge on any atom is 0.0453 e. The van der Waals surface area contributed by atoms with Crippen LogP contribution < -0.4 is 5.32 Å². The summed E-state index contributed by atoms with van der Waals surface area (Å²) in [5.74, 6) is 0. The second kappa shape index (κ2) is 3.95. The zero-order valence-electron chi connectivity index (χ0n) is 8.83. The van der Waals surface area contributed by atoms with Crippen LogP contribution in [0.1, 0.15) is 5.56 Å². The first-order chi connectivity index (χ1) is 7.84. The average Bonchev–Trinajstić information content (AvgIpc) is 2.78. The summed E-state index contributed by atoms with van der Waals surface area (Å²) in [6.07, 6.45) is 1.14. The van der Waals surface area contributed by atoms with Crippen LogP contribution in [0, 0.1) is 0 Å². The molecule has 2 heteroatoms. The molecule has 0 fully saturated rings. The summed E-state index contributed by atoms with van der Waals surface area (Å²) in [5, 5.41) is 3.47. The molecule has 1 nitrogen and oxygen atoms in total. The summed E-state index contributed by atoms with van der Waals surface area (Å²) in [4.78, 5) is 0. The van der Waals surface area contributed by atoms with Crippen LogP contribution in [0.5, 0.6) is 0 Å². The van der Waals surface area contributed by atoms with E-state index in [1.165, 1.54) is 22.4 Å². The van der Waals surface area contributed by atoms with Crippen LogP contribution in [0.25, 0.3) is 11.1 Å². The van der Waals surface area contributed by atoms with Gasteiger partial charge >= 0.3 is 0 Å². The molecule has 0 radical (unpaired) electrons. The lowest BCUT2D eigenvalue weighted by Crippen LogP contribution is -1.93. The summed E-state index contributed by atoms with van der Waals surface area (Å²) >= 11 is 3.46. The molecule has 2 aromatic rings. The van der Waals surface area contributed by atoms with Crippen molar-refractivity contribution < 1.29 is 0 Å². The van der Waals surface area contributed by atoms with Crippen molar-refractivity contribution in [1.82, 2.24) is 0 Å². The van der Waals surface area contributed by atoms with Gasteiger partial charge in [0.1, 0.15) is 0 Å². The molecule has 0 amide bonds. The van der Waals surface area contributed by atoms with Crippen molar-refractivity contribution in [3.8, 4) is 11.1 Å². The van der Waals surface area contributed by atoms with E-state index in [1.54, 1.807) is 0 Å². The molecule has 1 heterocycles. The van der Waals surface area contributed by atoms with Gasteiger partial charge in [0, 0.05) is 22.3 Å². The number of benzene rings is 2. The largest absolute Gasteiger partial charge is 0.384 e. The molecule has 0 aliphatic carbocycles. The molecule has 0 saturated heterocycles. The van der Waals surface area contributed by atoms with Crippen LogP contribution in [0.4, 0.5) is 5.69 Å². The fourth-order valence-corrected chi connectivity index (χ4v) is 2.47. The number of nitrogens with one attached hydrogen (secondary N) is 1. The number of hydrogen-bond donors (Lipinski definition) is 1. The van der Waals surface area contributed by atoms with E-state index in [9.17, 15) is 0 Å². The maximum atomic E-state index is 3.47. The SMILES string of the molecule is Brc1ccc(-c2cccc3c2NCC3)cc1. The number of para-hydroxylation sites is 1. The van der Waals surface area contributed by atoms with Crippen molar-refractivity contribution >= 4 is 21.6 Å². The Bertz CT molecular complexity index is 517. The second-order valence-corrected chi connectivity index (χ2v) is 4.94. The predicted molar refractivity (Wildman–Crippen MR) is 71.8 cm³/mol. The normalized spacial score (nSPS) is 13.3. The second-order valence-electron chi connectivity index (χ2n) is 4.02.